The van der Waals surface area contributed by atoms with Gasteiger partial charge in [-0.2, -0.15) is 0 Å². The maximum absolute atomic E-state index is 5.54. The number of anilines is 1. The summed E-state index contributed by atoms with van der Waals surface area (Å²) < 4.78 is 5.17. The summed E-state index contributed by atoms with van der Waals surface area (Å²) in [6, 6.07) is 5.99. The van der Waals surface area contributed by atoms with Crippen molar-refractivity contribution in [2.24, 2.45) is 0 Å². The van der Waals surface area contributed by atoms with Crippen molar-refractivity contribution in [2.45, 2.75) is 20.8 Å². The molecule has 0 aliphatic rings. The van der Waals surface area contributed by atoms with E-state index >= 15 is 0 Å². The van der Waals surface area contributed by atoms with Gasteiger partial charge in [0.2, 0.25) is 0 Å². The third kappa shape index (κ3) is 1.73. The van der Waals surface area contributed by atoms with Gasteiger partial charge >= 0.3 is 0 Å². The van der Waals surface area contributed by atoms with E-state index in [9.17, 15) is 0 Å². The number of benzene rings is 1. The van der Waals surface area contributed by atoms with Crippen LogP contribution in [0.3, 0.4) is 0 Å². The van der Waals surface area contributed by atoms with Crippen molar-refractivity contribution in [1.29, 1.82) is 0 Å². The fourth-order valence-electron chi connectivity index (χ4n) is 1.71. The van der Waals surface area contributed by atoms with Crippen molar-refractivity contribution in [3.05, 3.63) is 34.9 Å². The molecular formula is C12H14N2O. The molecule has 1 aromatic heterocycles. The first kappa shape index (κ1) is 9.77. The van der Waals surface area contributed by atoms with Crippen LogP contribution in [-0.4, -0.2) is 5.16 Å². The molecule has 2 rings (SSSR count). The van der Waals surface area contributed by atoms with Gasteiger partial charge in [0, 0.05) is 11.6 Å². The topological polar surface area (TPSA) is 52.0 Å². The van der Waals surface area contributed by atoms with Crippen molar-refractivity contribution >= 4 is 5.82 Å². The van der Waals surface area contributed by atoms with Crippen molar-refractivity contribution in [3.8, 4) is 11.3 Å². The highest BCUT2D eigenvalue weighted by atomic mass is 16.5. The van der Waals surface area contributed by atoms with Gasteiger partial charge in [-0.15, -0.1) is 0 Å². The predicted octanol–water partition coefficient (Wildman–Crippen LogP) is 2.85. The first-order valence-corrected chi connectivity index (χ1v) is 4.88. The van der Waals surface area contributed by atoms with E-state index in [-0.39, 0.29) is 0 Å². The summed E-state index contributed by atoms with van der Waals surface area (Å²) in [5, 5.41) is 3.70. The molecule has 2 aromatic rings. The Bertz CT molecular complexity index is 500. The highest BCUT2D eigenvalue weighted by Crippen LogP contribution is 2.28. The number of nitrogens with two attached hydrogens (primary N) is 1. The van der Waals surface area contributed by atoms with Crippen LogP contribution in [0.2, 0.25) is 0 Å². The average Bonchev–Trinajstić information content (AvgIpc) is 2.58. The molecule has 0 radical (unpaired) electrons. The van der Waals surface area contributed by atoms with Crippen LogP contribution in [0.15, 0.2) is 22.7 Å². The molecule has 0 unspecified atom stereocenters. The van der Waals surface area contributed by atoms with E-state index in [0.717, 1.165) is 11.3 Å². The number of hydrogen-bond acceptors (Lipinski definition) is 3. The molecule has 0 saturated carbocycles. The van der Waals surface area contributed by atoms with E-state index in [4.69, 9.17) is 10.3 Å². The van der Waals surface area contributed by atoms with Gasteiger partial charge in [-0.3, -0.25) is 0 Å². The largest absolute Gasteiger partial charge is 0.381 e. The molecule has 1 aromatic carbocycles. The molecule has 0 fully saturated rings. The quantitative estimate of drug-likeness (QED) is 0.773. The van der Waals surface area contributed by atoms with Crippen molar-refractivity contribution in [3.63, 3.8) is 0 Å². The van der Waals surface area contributed by atoms with Crippen LogP contribution >= 0.6 is 0 Å². The summed E-state index contributed by atoms with van der Waals surface area (Å²) in [5.41, 5.74) is 10.3. The summed E-state index contributed by atoms with van der Waals surface area (Å²) in [7, 11) is 0. The number of aromatic nitrogens is 1. The predicted molar refractivity (Wildman–Crippen MR) is 60.6 cm³/mol. The van der Waals surface area contributed by atoms with Gasteiger partial charge in [0.1, 0.15) is 0 Å². The maximum Gasteiger partial charge on any atom is 0.169 e. The van der Waals surface area contributed by atoms with Crippen molar-refractivity contribution in [1.82, 2.24) is 5.16 Å². The van der Waals surface area contributed by atoms with Gasteiger partial charge in [-0.05, 0) is 38.0 Å². The minimum Gasteiger partial charge on any atom is -0.381 e. The minimum absolute atomic E-state index is 0.420. The zero-order valence-corrected chi connectivity index (χ0v) is 9.16. The average molecular weight is 202 g/mol. The Balaban J connectivity index is 2.62. The Morgan fingerprint density at radius 2 is 1.87 bits per heavy atom. The molecule has 0 bridgehead atoms. The van der Waals surface area contributed by atoms with Gasteiger partial charge in [-0.25, -0.2) is 0 Å². The summed E-state index contributed by atoms with van der Waals surface area (Å²) in [5.74, 6) is 1.15. The van der Waals surface area contributed by atoms with E-state index in [1.54, 1.807) is 6.07 Å². The second-order valence-corrected chi connectivity index (χ2v) is 3.87. The molecule has 78 valence electrons. The van der Waals surface area contributed by atoms with Crippen molar-refractivity contribution < 1.29 is 4.52 Å². The van der Waals surface area contributed by atoms with Crippen LogP contribution in [0.4, 0.5) is 5.82 Å². The first-order valence-electron chi connectivity index (χ1n) is 4.88. The number of aryl methyl sites for hydroxylation is 2. The lowest BCUT2D eigenvalue weighted by Gasteiger charge is -2.07. The van der Waals surface area contributed by atoms with Crippen LogP contribution in [0.5, 0.6) is 0 Å². The number of nitrogen functional groups attached to an aromatic ring is 1. The van der Waals surface area contributed by atoms with Gasteiger partial charge in [0.15, 0.2) is 11.6 Å². The SMILES string of the molecule is Cc1cc(C)c(C)c(-c2cc(N)no2)c1. The van der Waals surface area contributed by atoms with Gasteiger partial charge < -0.3 is 10.3 Å². The van der Waals surface area contributed by atoms with Crippen LogP contribution < -0.4 is 5.73 Å². The molecule has 0 atom stereocenters. The summed E-state index contributed by atoms with van der Waals surface area (Å²) in [6.07, 6.45) is 0. The Morgan fingerprint density at radius 3 is 2.47 bits per heavy atom. The van der Waals surface area contributed by atoms with E-state index in [1.165, 1.54) is 16.7 Å². The van der Waals surface area contributed by atoms with Crippen LogP contribution in [0, 0.1) is 20.8 Å². The van der Waals surface area contributed by atoms with Gasteiger partial charge in [0.05, 0.1) is 0 Å². The van der Waals surface area contributed by atoms with Gasteiger partial charge in [-0.1, -0.05) is 16.8 Å². The molecule has 0 saturated heterocycles. The summed E-state index contributed by atoms with van der Waals surface area (Å²) in [6.45, 7) is 6.23. The third-order valence-corrected chi connectivity index (χ3v) is 2.61. The van der Waals surface area contributed by atoms with E-state index in [0.29, 0.717) is 5.82 Å². The fraction of sp³-hybridized carbons (Fsp3) is 0.250. The van der Waals surface area contributed by atoms with E-state index in [2.05, 4.69) is 38.1 Å². The third-order valence-electron chi connectivity index (χ3n) is 2.61. The van der Waals surface area contributed by atoms with Crippen molar-refractivity contribution in [2.75, 3.05) is 5.73 Å². The summed E-state index contributed by atoms with van der Waals surface area (Å²) >= 11 is 0. The molecule has 15 heavy (non-hydrogen) atoms. The Labute approximate surface area is 88.9 Å². The molecule has 0 aliphatic carbocycles. The second kappa shape index (κ2) is 3.42. The Hall–Kier alpha value is -1.77. The van der Waals surface area contributed by atoms with Gasteiger partial charge in [0.25, 0.3) is 0 Å². The lowest BCUT2D eigenvalue weighted by atomic mass is 9.98. The zero-order valence-electron chi connectivity index (χ0n) is 9.16. The molecule has 0 aliphatic heterocycles. The smallest absolute Gasteiger partial charge is 0.169 e. The first-order chi connectivity index (χ1) is 7.08. The number of nitrogens with zero attached hydrogens (tertiary/aromatic N) is 1. The molecular weight excluding hydrogens is 188 g/mol. The molecule has 0 amide bonds. The Kier molecular flexibility index (Phi) is 2.23. The standard InChI is InChI=1S/C12H14N2O/c1-7-4-8(2)9(3)10(5-7)11-6-12(13)14-15-11/h4-6H,1-3H3,(H2,13,14). The molecule has 1 heterocycles. The number of rotatable bonds is 1. The fourth-order valence-corrected chi connectivity index (χ4v) is 1.71. The highest BCUT2D eigenvalue weighted by molar-refractivity contribution is 5.66. The van der Waals surface area contributed by atoms with E-state index in [1.807, 2.05) is 0 Å². The second-order valence-electron chi connectivity index (χ2n) is 3.87. The summed E-state index contributed by atoms with van der Waals surface area (Å²) in [4.78, 5) is 0. The molecule has 2 N–H and O–H groups in total. The van der Waals surface area contributed by atoms with E-state index < -0.39 is 0 Å². The lowest BCUT2D eigenvalue weighted by Crippen LogP contribution is -1.88. The highest BCUT2D eigenvalue weighted by Gasteiger charge is 2.09. The normalized spacial score (nSPS) is 10.6. The molecule has 0 spiro atoms. The zero-order chi connectivity index (χ0) is 11.0. The minimum atomic E-state index is 0.420. The maximum atomic E-state index is 5.54. The monoisotopic (exact) mass is 202 g/mol. The molecule has 3 nitrogen and oxygen atoms in total. The molecule has 3 heteroatoms. The van der Waals surface area contributed by atoms with Crippen LogP contribution in [-0.2, 0) is 0 Å². The van der Waals surface area contributed by atoms with Crippen LogP contribution in [0.25, 0.3) is 11.3 Å². The Morgan fingerprint density at radius 1 is 1.13 bits per heavy atom. The van der Waals surface area contributed by atoms with Crippen LogP contribution in [0.1, 0.15) is 16.7 Å². The number of hydrogen-bond donors (Lipinski definition) is 1. The lowest BCUT2D eigenvalue weighted by molar-refractivity contribution is 0.435.